The normalized spacial score (nSPS) is 23.1. The number of halogens is 3. The third-order valence-electron chi connectivity index (χ3n) is 4.06. The molecule has 1 aliphatic carbocycles. The van der Waals surface area contributed by atoms with Crippen LogP contribution in [-0.2, 0) is 6.18 Å². The van der Waals surface area contributed by atoms with Gasteiger partial charge in [0, 0.05) is 11.7 Å². The molecule has 0 saturated heterocycles. The molecule has 0 heterocycles. The molecule has 0 aliphatic heterocycles. The van der Waals surface area contributed by atoms with E-state index in [9.17, 15) is 13.2 Å². The number of anilines is 1. The maximum atomic E-state index is 12.5. The first-order chi connectivity index (χ1) is 8.79. The summed E-state index contributed by atoms with van der Waals surface area (Å²) in [5, 5.41) is 3.38. The van der Waals surface area contributed by atoms with Crippen molar-refractivity contribution in [2.75, 3.05) is 5.32 Å². The summed E-state index contributed by atoms with van der Waals surface area (Å²) in [5.74, 6) is 0. The Labute approximate surface area is 112 Å². The van der Waals surface area contributed by atoms with Crippen molar-refractivity contribution in [3.8, 4) is 0 Å². The Hall–Kier alpha value is -1.19. The second kappa shape index (κ2) is 5.06. The first-order valence-corrected chi connectivity index (χ1v) is 6.73. The number of hydrogen-bond donors (Lipinski definition) is 1. The molecule has 2 rings (SSSR count). The highest BCUT2D eigenvalue weighted by molar-refractivity contribution is 5.46. The van der Waals surface area contributed by atoms with Gasteiger partial charge in [-0.25, -0.2) is 0 Å². The molecule has 0 spiro atoms. The summed E-state index contributed by atoms with van der Waals surface area (Å²) < 4.78 is 37.4. The molecule has 0 amide bonds. The molecule has 4 heteroatoms. The molecule has 1 aliphatic rings. The van der Waals surface area contributed by atoms with Crippen LogP contribution in [0.4, 0.5) is 18.9 Å². The van der Waals surface area contributed by atoms with E-state index in [-0.39, 0.29) is 5.41 Å². The van der Waals surface area contributed by atoms with E-state index in [4.69, 9.17) is 0 Å². The van der Waals surface area contributed by atoms with Crippen LogP contribution in [0.25, 0.3) is 0 Å². The lowest BCUT2D eigenvalue weighted by atomic mass is 9.73. The standard InChI is InChI=1S/C15H20F3N/c1-14(2)10-4-3-5-13(14)19-12-8-6-11(7-9-12)15(16,17)18/h6-9,13,19H,3-5,10H2,1-2H3. The molecule has 106 valence electrons. The summed E-state index contributed by atoms with van der Waals surface area (Å²) in [6.45, 7) is 4.43. The van der Waals surface area contributed by atoms with Gasteiger partial charge in [-0.1, -0.05) is 26.7 Å². The molecular formula is C15H20F3N. The van der Waals surface area contributed by atoms with Crippen LogP contribution in [0.3, 0.4) is 0 Å². The van der Waals surface area contributed by atoms with Gasteiger partial charge >= 0.3 is 6.18 Å². The van der Waals surface area contributed by atoms with Gasteiger partial charge in [0.25, 0.3) is 0 Å². The SMILES string of the molecule is CC1(C)CCCCC1Nc1ccc(C(F)(F)F)cc1. The van der Waals surface area contributed by atoms with Crippen LogP contribution in [-0.4, -0.2) is 6.04 Å². The number of rotatable bonds is 2. The molecule has 1 aromatic carbocycles. The second-order valence-corrected chi connectivity index (χ2v) is 6.01. The smallest absolute Gasteiger partial charge is 0.382 e. The topological polar surface area (TPSA) is 12.0 Å². The van der Waals surface area contributed by atoms with Crippen LogP contribution < -0.4 is 5.32 Å². The Morgan fingerprint density at radius 3 is 2.26 bits per heavy atom. The van der Waals surface area contributed by atoms with E-state index >= 15 is 0 Å². The average Bonchev–Trinajstić information content (AvgIpc) is 2.31. The van der Waals surface area contributed by atoms with Crippen LogP contribution in [0.5, 0.6) is 0 Å². The quantitative estimate of drug-likeness (QED) is 0.790. The minimum absolute atomic E-state index is 0.195. The Bertz CT molecular complexity index is 420. The summed E-state index contributed by atoms with van der Waals surface area (Å²) in [6.07, 6.45) is 0.391. The molecule has 1 fully saturated rings. The lowest BCUT2D eigenvalue weighted by Crippen LogP contribution is -2.38. The van der Waals surface area contributed by atoms with Gasteiger partial charge in [0.2, 0.25) is 0 Å². The highest BCUT2D eigenvalue weighted by Gasteiger charge is 2.33. The number of benzene rings is 1. The van der Waals surface area contributed by atoms with Crippen molar-refractivity contribution in [3.63, 3.8) is 0 Å². The molecule has 19 heavy (non-hydrogen) atoms. The lowest BCUT2D eigenvalue weighted by molar-refractivity contribution is -0.137. The van der Waals surface area contributed by atoms with Gasteiger partial charge in [-0.15, -0.1) is 0 Å². The zero-order chi connectivity index (χ0) is 14.1. The highest BCUT2D eigenvalue weighted by atomic mass is 19.4. The van der Waals surface area contributed by atoms with Crippen molar-refractivity contribution >= 4 is 5.69 Å². The van der Waals surface area contributed by atoms with E-state index in [1.54, 1.807) is 0 Å². The zero-order valence-electron chi connectivity index (χ0n) is 11.3. The van der Waals surface area contributed by atoms with Crippen LogP contribution in [0.15, 0.2) is 24.3 Å². The number of hydrogen-bond acceptors (Lipinski definition) is 1. The van der Waals surface area contributed by atoms with E-state index in [1.165, 1.54) is 25.0 Å². The second-order valence-electron chi connectivity index (χ2n) is 6.01. The van der Waals surface area contributed by atoms with Crippen LogP contribution in [0, 0.1) is 5.41 Å². The van der Waals surface area contributed by atoms with E-state index in [0.29, 0.717) is 6.04 Å². The maximum Gasteiger partial charge on any atom is 0.416 e. The van der Waals surface area contributed by atoms with Gasteiger partial charge in [-0.3, -0.25) is 0 Å². The van der Waals surface area contributed by atoms with E-state index in [0.717, 1.165) is 30.7 Å². The fraction of sp³-hybridized carbons (Fsp3) is 0.600. The van der Waals surface area contributed by atoms with Crippen LogP contribution in [0.1, 0.15) is 45.1 Å². The zero-order valence-corrected chi connectivity index (χ0v) is 11.3. The Balaban J connectivity index is 2.07. The van der Waals surface area contributed by atoms with Crippen LogP contribution >= 0.6 is 0 Å². The maximum absolute atomic E-state index is 12.5. The lowest BCUT2D eigenvalue weighted by Gasteiger charge is -2.39. The molecule has 0 aromatic heterocycles. The van der Waals surface area contributed by atoms with Crippen molar-refractivity contribution in [2.45, 2.75) is 51.7 Å². The molecule has 1 aromatic rings. The van der Waals surface area contributed by atoms with Crippen molar-refractivity contribution in [1.29, 1.82) is 0 Å². The van der Waals surface area contributed by atoms with Crippen molar-refractivity contribution < 1.29 is 13.2 Å². The molecule has 1 atom stereocenters. The van der Waals surface area contributed by atoms with Gasteiger partial charge < -0.3 is 5.32 Å². The predicted octanol–water partition coefficient (Wildman–Crippen LogP) is 5.09. The van der Waals surface area contributed by atoms with Gasteiger partial charge in [0.05, 0.1) is 5.56 Å². The Morgan fingerprint density at radius 2 is 1.74 bits per heavy atom. The van der Waals surface area contributed by atoms with E-state index in [2.05, 4.69) is 19.2 Å². The third kappa shape index (κ3) is 3.43. The third-order valence-corrected chi connectivity index (χ3v) is 4.06. The van der Waals surface area contributed by atoms with Crippen LogP contribution in [0.2, 0.25) is 0 Å². The fourth-order valence-corrected chi connectivity index (χ4v) is 2.72. The van der Waals surface area contributed by atoms with Crippen molar-refractivity contribution in [1.82, 2.24) is 0 Å². The van der Waals surface area contributed by atoms with Gasteiger partial charge in [0.1, 0.15) is 0 Å². The highest BCUT2D eigenvalue weighted by Crippen LogP contribution is 2.37. The largest absolute Gasteiger partial charge is 0.416 e. The minimum atomic E-state index is -4.26. The molecular weight excluding hydrogens is 251 g/mol. The molecule has 0 bridgehead atoms. The number of alkyl halides is 3. The van der Waals surface area contributed by atoms with Gasteiger partial charge in [0.15, 0.2) is 0 Å². The van der Waals surface area contributed by atoms with Crippen molar-refractivity contribution in [3.05, 3.63) is 29.8 Å². The summed E-state index contributed by atoms with van der Waals surface area (Å²) in [7, 11) is 0. The van der Waals surface area contributed by atoms with Gasteiger partial charge in [-0.2, -0.15) is 13.2 Å². The monoisotopic (exact) mass is 271 g/mol. The fourth-order valence-electron chi connectivity index (χ4n) is 2.72. The predicted molar refractivity (Wildman–Crippen MR) is 71.1 cm³/mol. The summed E-state index contributed by atoms with van der Waals surface area (Å²) in [6, 6.07) is 5.65. The molecule has 0 radical (unpaired) electrons. The first kappa shape index (κ1) is 14.2. The van der Waals surface area contributed by atoms with Gasteiger partial charge in [-0.05, 0) is 42.5 Å². The minimum Gasteiger partial charge on any atom is -0.382 e. The average molecular weight is 271 g/mol. The summed E-state index contributed by atoms with van der Waals surface area (Å²) in [5.41, 5.74) is 0.370. The van der Waals surface area contributed by atoms with E-state index in [1.807, 2.05) is 0 Å². The molecule has 1 nitrogen and oxygen atoms in total. The van der Waals surface area contributed by atoms with Crippen molar-refractivity contribution in [2.24, 2.45) is 5.41 Å². The van der Waals surface area contributed by atoms with E-state index < -0.39 is 11.7 Å². The Morgan fingerprint density at radius 1 is 1.11 bits per heavy atom. The molecule has 1 N–H and O–H groups in total. The number of nitrogens with one attached hydrogen (secondary N) is 1. The molecule has 1 saturated carbocycles. The Kier molecular flexibility index (Phi) is 3.79. The molecule has 1 unspecified atom stereocenters. The summed E-state index contributed by atoms with van der Waals surface area (Å²) in [4.78, 5) is 0. The summed E-state index contributed by atoms with van der Waals surface area (Å²) >= 11 is 0. The first-order valence-electron chi connectivity index (χ1n) is 6.73.